The fourth-order valence-corrected chi connectivity index (χ4v) is 1.75. The van der Waals surface area contributed by atoms with Crippen molar-refractivity contribution in [2.45, 2.75) is 40.0 Å². The van der Waals surface area contributed by atoms with Crippen molar-refractivity contribution in [1.82, 2.24) is 4.98 Å². The molecule has 1 aromatic heterocycles. The lowest BCUT2D eigenvalue weighted by molar-refractivity contribution is 0.735. The Morgan fingerprint density at radius 1 is 1.24 bits per heavy atom. The Balaban J connectivity index is 0.000000686. The third-order valence-corrected chi connectivity index (χ3v) is 3.00. The maximum absolute atomic E-state index is 5.86. The molecular weight excluding hydrogens is 208 g/mol. The maximum atomic E-state index is 5.86. The predicted molar refractivity (Wildman–Crippen MR) is 76.2 cm³/mol. The number of nitrogen functional groups attached to an aromatic ring is 1. The molecule has 2 rings (SSSR count). The molecule has 0 radical (unpaired) electrons. The van der Waals surface area contributed by atoms with E-state index in [-0.39, 0.29) is 0 Å². The van der Waals surface area contributed by atoms with Crippen LogP contribution in [0.5, 0.6) is 0 Å². The molecule has 1 heterocycles. The average molecular weight is 230 g/mol. The summed E-state index contributed by atoms with van der Waals surface area (Å²) in [6.07, 6.45) is 2.90. The van der Waals surface area contributed by atoms with Crippen molar-refractivity contribution in [3.8, 4) is 0 Å². The summed E-state index contributed by atoms with van der Waals surface area (Å²) >= 11 is 0. The van der Waals surface area contributed by atoms with Crippen molar-refractivity contribution in [2.24, 2.45) is 0 Å². The summed E-state index contributed by atoms with van der Waals surface area (Å²) in [7, 11) is 0. The molecule has 2 nitrogen and oxygen atoms in total. The lowest BCUT2D eigenvalue weighted by atomic mass is 9.96. The second-order valence-electron chi connectivity index (χ2n) is 3.99. The smallest absolute Gasteiger partial charge is 0.131 e. The number of pyridine rings is 1. The molecule has 0 amide bonds. The van der Waals surface area contributed by atoms with Gasteiger partial charge < -0.3 is 5.73 Å². The van der Waals surface area contributed by atoms with E-state index < -0.39 is 0 Å². The van der Waals surface area contributed by atoms with Gasteiger partial charge >= 0.3 is 0 Å². The summed E-state index contributed by atoms with van der Waals surface area (Å²) in [6.45, 7) is 8.43. The normalized spacial score (nSPS) is 11.8. The van der Waals surface area contributed by atoms with E-state index in [4.69, 9.17) is 5.73 Å². The van der Waals surface area contributed by atoms with Crippen LogP contribution in [-0.4, -0.2) is 4.98 Å². The van der Waals surface area contributed by atoms with Crippen LogP contribution in [-0.2, 0) is 0 Å². The van der Waals surface area contributed by atoms with Crippen LogP contribution >= 0.6 is 0 Å². The summed E-state index contributed by atoms with van der Waals surface area (Å²) in [4.78, 5) is 4.11. The van der Waals surface area contributed by atoms with Gasteiger partial charge in [-0.15, -0.1) is 0 Å². The van der Waals surface area contributed by atoms with Crippen LogP contribution in [0.15, 0.2) is 30.5 Å². The van der Waals surface area contributed by atoms with Gasteiger partial charge in [-0.2, -0.15) is 0 Å². The molecule has 0 saturated carbocycles. The first-order valence-electron chi connectivity index (χ1n) is 6.36. The number of hydrogen-bond acceptors (Lipinski definition) is 2. The first-order valence-corrected chi connectivity index (χ1v) is 6.36. The second kappa shape index (κ2) is 6.24. The number of nitrogens with two attached hydrogens (primary N) is 1. The van der Waals surface area contributed by atoms with Crippen molar-refractivity contribution in [1.29, 1.82) is 0 Å². The van der Waals surface area contributed by atoms with Gasteiger partial charge in [0.1, 0.15) is 5.82 Å². The average Bonchev–Trinajstić information content (AvgIpc) is 2.40. The summed E-state index contributed by atoms with van der Waals surface area (Å²) in [5.74, 6) is 1.20. The summed E-state index contributed by atoms with van der Waals surface area (Å²) in [5.41, 5.74) is 7.19. The molecular formula is C15H22N2. The highest BCUT2D eigenvalue weighted by Gasteiger charge is 2.05. The lowest BCUT2D eigenvalue weighted by Crippen LogP contribution is -1.94. The number of fused-ring (bicyclic) bond motifs is 1. The zero-order valence-electron chi connectivity index (χ0n) is 11.2. The molecule has 2 aromatic rings. The highest BCUT2D eigenvalue weighted by molar-refractivity contribution is 5.91. The summed E-state index contributed by atoms with van der Waals surface area (Å²) in [6, 6.07) is 8.45. The molecule has 0 spiro atoms. The molecule has 0 saturated heterocycles. The van der Waals surface area contributed by atoms with Gasteiger partial charge in [0.05, 0.1) is 0 Å². The zero-order valence-corrected chi connectivity index (χ0v) is 11.2. The molecule has 0 aliphatic heterocycles. The molecule has 1 aromatic carbocycles. The lowest BCUT2D eigenvalue weighted by Gasteiger charge is -2.10. The zero-order chi connectivity index (χ0) is 12.8. The van der Waals surface area contributed by atoms with E-state index in [9.17, 15) is 0 Å². The minimum absolute atomic E-state index is 0.578. The van der Waals surface area contributed by atoms with Crippen LogP contribution in [0.25, 0.3) is 10.8 Å². The first-order chi connectivity index (χ1) is 8.22. The third-order valence-electron chi connectivity index (χ3n) is 3.00. The topological polar surface area (TPSA) is 38.9 Å². The van der Waals surface area contributed by atoms with Crippen LogP contribution in [0.2, 0.25) is 0 Å². The Kier molecular flexibility index (Phi) is 4.95. The Labute approximate surface area is 104 Å². The number of benzene rings is 1. The monoisotopic (exact) mass is 230 g/mol. The fourth-order valence-electron chi connectivity index (χ4n) is 1.75. The van der Waals surface area contributed by atoms with Crippen LogP contribution in [0.3, 0.4) is 0 Å². The molecule has 0 fully saturated rings. The highest BCUT2D eigenvalue weighted by Crippen LogP contribution is 2.25. The van der Waals surface area contributed by atoms with E-state index in [1.807, 2.05) is 19.9 Å². The van der Waals surface area contributed by atoms with Crippen LogP contribution in [0, 0.1) is 0 Å². The van der Waals surface area contributed by atoms with Crippen LogP contribution in [0.1, 0.15) is 45.6 Å². The van der Waals surface area contributed by atoms with Gasteiger partial charge in [0, 0.05) is 11.6 Å². The van der Waals surface area contributed by atoms with E-state index in [1.165, 1.54) is 5.56 Å². The van der Waals surface area contributed by atoms with E-state index in [0.717, 1.165) is 17.2 Å². The Morgan fingerprint density at radius 3 is 2.59 bits per heavy atom. The second-order valence-corrected chi connectivity index (χ2v) is 3.99. The van der Waals surface area contributed by atoms with Crippen LogP contribution in [0.4, 0.5) is 5.82 Å². The minimum atomic E-state index is 0.578. The number of aromatic nitrogens is 1. The largest absolute Gasteiger partial charge is 0.383 e. The van der Waals surface area contributed by atoms with E-state index in [1.54, 1.807) is 6.20 Å². The van der Waals surface area contributed by atoms with Crippen molar-refractivity contribution >= 4 is 16.6 Å². The fraction of sp³-hybridized carbons (Fsp3) is 0.400. The number of hydrogen-bond donors (Lipinski definition) is 1. The molecule has 2 N–H and O–H groups in total. The van der Waals surface area contributed by atoms with Gasteiger partial charge in [-0.05, 0) is 35.4 Å². The Morgan fingerprint density at radius 2 is 1.94 bits per heavy atom. The van der Waals surface area contributed by atoms with Gasteiger partial charge in [-0.1, -0.05) is 39.8 Å². The Bertz CT molecular complexity index is 477. The molecule has 2 heteroatoms. The standard InChI is InChI=1S/C13H16N2.C2H6/c1-3-9(2)11-5-4-10-6-7-15-13(14)12(10)8-11;1-2/h4-9H,3H2,1-2H3,(H2,14,15);1-2H3. The third kappa shape index (κ3) is 2.96. The molecule has 1 unspecified atom stereocenters. The predicted octanol–water partition coefficient (Wildman–Crippen LogP) is 4.36. The van der Waals surface area contributed by atoms with Crippen molar-refractivity contribution < 1.29 is 0 Å². The summed E-state index contributed by atoms with van der Waals surface area (Å²) < 4.78 is 0. The van der Waals surface area contributed by atoms with Gasteiger partial charge in [-0.25, -0.2) is 4.98 Å². The van der Waals surface area contributed by atoms with Gasteiger partial charge in [0.25, 0.3) is 0 Å². The van der Waals surface area contributed by atoms with Gasteiger partial charge in [0.15, 0.2) is 0 Å². The summed E-state index contributed by atoms with van der Waals surface area (Å²) in [5, 5.41) is 2.23. The van der Waals surface area contributed by atoms with Crippen molar-refractivity contribution in [3.05, 3.63) is 36.0 Å². The van der Waals surface area contributed by atoms with Crippen molar-refractivity contribution in [3.63, 3.8) is 0 Å². The molecule has 0 bridgehead atoms. The Hall–Kier alpha value is -1.57. The first kappa shape index (κ1) is 13.5. The van der Waals surface area contributed by atoms with E-state index in [2.05, 4.69) is 37.0 Å². The SMILES string of the molecule is CC.CCC(C)c1ccc2ccnc(N)c2c1. The minimum Gasteiger partial charge on any atom is -0.383 e. The molecule has 17 heavy (non-hydrogen) atoms. The molecule has 1 atom stereocenters. The maximum Gasteiger partial charge on any atom is 0.131 e. The van der Waals surface area contributed by atoms with E-state index >= 15 is 0 Å². The van der Waals surface area contributed by atoms with E-state index in [0.29, 0.717) is 11.7 Å². The molecule has 92 valence electrons. The molecule has 0 aliphatic carbocycles. The van der Waals surface area contributed by atoms with Gasteiger partial charge in [0.2, 0.25) is 0 Å². The quantitative estimate of drug-likeness (QED) is 0.832. The number of nitrogens with zero attached hydrogens (tertiary/aromatic N) is 1. The number of rotatable bonds is 2. The van der Waals surface area contributed by atoms with Gasteiger partial charge in [-0.3, -0.25) is 0 Å². The highest BCUT2D eigenvalue weighted by atomic mass is 14.8. The van der Waals surface area contributed by atoms with Crippen molar-refractivity contribution in [2.75, 3.05) is 5.73 Å². The number of anilines is 1. The molecule has 0 aliphatic rings. The van der Waals surface area contributed by atoms with Crippen LogP contribution < -0.4 is 5.73 Å².